The van der Waals surface area contributed by atoms with Gasteiger partial charge in [-0.05, 0) is 48.9 Å². The molecule has 1 atom stereocenters. The second kappa shape index (κ2) is 7.25. The molecular formula is C16H22FNO3S2. The highest BCUT2D eigenvalue weighted by Crippen LogP contribution is 2.36. The summed E-state index contributed by atoms with van der Waals surface area (Å²) >= 11 is 1.15. The summed E-state index contributed by atoms with van der Waals surface area (Å²) in [7, 11) is -3.70. The molecule has 23 heavy (non-hydrogen) atoms. The normalized spacial score (nSPS) is 13.8. The van der Waals surface area contributed by atoms with Crippen molar-refractivity contribution in [1.82, 2.24) is 4.31 Å². The van der Waals surface area contributed by atoms with Gasteiger partial charge in [0.15, 0.2) is 0 Å². The van der Waals surface area contributed by atoms with Crippen LogP contribution < -0.4 is 0 Å². The molecule has 0 spiro atoms. The van der Waals surface area contributed by atoms with Gasteiger partial charge in [0.1, 0.15) is 10.0 Å². The zero-order chi connectivity index (χ0) is 17.2. The molecular weight excluding hydrogens is 337 g/mol. The van der Waals surface area contributed by atoms with Crippen molar-refractivity contribution in [2.24, 2.45) is 0 Å². The highest BCUT2D eigenvalue weighted by molar-refractivity contribution is 7.91. The fraction of sp³-hybridized carbons (Fsp3) is 0.500. The van der Waals surface area contributed by atoms with Gasteiger partial charge >= 0.3 is 0 Å². The van der Waals surface area contributed by atoms with Crippen LogP contribution >= 0.6 is 11.3 Å². The standard InChI is InChI=1S/C16H22FNO3S2/c1-4-8-18(10-13(19)5-2)23(20,21)16-11(3)14-9-12(17)6-7-15(14)22-16/h6-7,9,13,19H,4-5,8,10H2,1-3H3. The van der Waals surface area contributed by atoms with E-state index in [2.05, 4.69) is 0 Å². The molecule has 0 amide bonds. The Morgan fingerprint density at radius 2 is 2.04 bits per heavy atom. The Morgan fingerprint density at radius 1 is 1.35 bits per heavy atom. The van der Waals surface area contributed by atoms with E-state index < -0.39 is 16.1 Å². The van der Waals surface area contributed by atoms with E-state index >= 15 is 0 Å². The van der Waals surface area contributed by atoms with Crippen LogP contribution in [-0.4, -0.2) is 37.0 Å². The molecule has 1 aromatic heterocycles. The summed E-state index contributed by atoms with van der Waals surface area (Å²) in [5, 5.41) is 10.5. The maximum absolute atomic E-state index is 13.4. The Kier molecular flexibility index (Phi) is 5.78. The van der Waals surface area contributed by atoms with Gasteiger partial charge in [0.2, 0.25) is 0 Å². The Hall–Kier alpha value is -1.02. The van der Waals surface area contributed by atoms with E-state index in [-0.39, 0.29) is 16.6 Å². The maximum atomic E-state index is 13.4. The molecule has 0 bridgehead atoms. The number of fused-ring (bicyclic) bond motifs is 1. The Bertz CT molecular complexity index is 786. The van der Waals surface area contributed by atoms with Gasteiger partial charge in [0.05, 0.1) is 6.10 Å². The zero-order valence-electron chi connectivity index (χ0n) is 13.5. The lowest BCUT2D eigenvalue weighted by Crippen LogP contribution is -2.37. The van der Waals surface area contributed by atoms with E-state index in [1.54, 1.807) is 13.0 Å². The van der Waals surface area contributed by atoms with Crippen molar-refractivity contribution < 1.29 is 17.9 Å². The number of halogens is 1. The van der Waals surface area contributed by atoms with Gasteiger partial charge in [-0.25, -0.2) is 12.8 Å². The predicted octanol–water partition coefficient (Wildman–Crippen LogP) is 3.52. The highest BCUT2D eigenvalue weighted by atomic mass is 32.2. The molecule has 128 valence electrons. The summed E-state index contributed by atoms with van der Waals surface area (Å²) in [5.41, 5.74) is 0.566. The molecule has 0 saturated heterocycles. The van der Waals surface area contributed by atoms with Crippen LogP contribution in [0.2, 0.25) is 0 Å². The molecule has 0 saturated carbocycles. The molecule has 1 heterocycles. The first-order chi connectivity index (χ1) is 10.8. The monoisotopic (exact) mass is 359 g/mol. The number of thiophene rings is 1. The third kappa shape index (κ3) is 3.74. The number of hydrogen-bond donors (Lipinski definition) is 1. The fourth-order valence-electron chi connectivity index (χ4n) is 2.46. The first-order valence-electron chi connectivity index (χ1n) is 7.68. The number of benzene rings is 1. The van der Waals surface area contributed by atoms with Gasteiger partial charge in [0.25, 0.3) is 10.0 Å². The van der Waals surface area contributed by atoms with Crippen molar-refractivity contribution in [1.29, 1.82) is 0 Å². The lowest BCUT2D eigenvalue weighted by Gasteiger charge is -2.23. The van der Waals surface area contributed by atoms with Crippen molar-refractivity contribution in [3.05, 3.63) is 29.6 Å². The lowest BCUT2D eigenvalue weighted by atomic mass is 10.2. The molecule has 2 aromatic rings. The van der Waals surface area contributed by atoms with Gasteiger partial charge < -0.3 is 5.11 Å². The van der Waals surface area contributed by atoms with Crippen molar-refractivity contribution in [2.45, 2.75) is 43.9 Å². The third-order valence-corrected chi connectivity index (χ3v) is 7.52. The first kappa shape index (κ1) is 18.3. The van der Waals surface area contributed by atoms with Crippen LogP contribution in [-0.2, 0) is 10.0 Å². The topological polar surface area (TPSA) is 57.6 Å². The number of sulfonamides is 1. The average Bonchev–Trinajstić information content (AvgIpc) is 2.84. The van der Waals surface area contributed by atoms with E-state index in [4.69, 9.17) is 0 Å². The fourth-order valence-corrected chi connectivity index (χ4v) is 5.91. The summed E-state index contributed by atoms with van der Waals surface area (Å²) in [5.74, 6) is -0.380. The summed E-state index contributed by atoms with van der Waals surface area (Å²) in [6.45, 7) is 5.84. The quantitative estimate of drug-likeness (QED) is 0.823. The molecule has 0 aliphatic heterocycles. The largest absolute Gasteiger partial charge is 0.392 e. The van der Waals surface area contributed by atoms with Crippen molar-refractivity contribution in [3.63, 3.8) is 0 Å². The predicted molar refractivity (Wildman–Crippen MR) is 91.9 cm³/mol. The molecule has 2 rings (SSSR count). The smallest absolute Gasteiger partial charge is 0.252 e. The van der Waals surface area contributed by atoms with E-state index in [9.17, 15) is 17.9 Å². The van der Waals surface area contributed by atoms with E-state index in [1.165, 1.54) is 16.4 Å². The van der Waals surface area contributed by atoms with E-state index in [1.807, 2.05) is 13.8 Å². The van der Waals surface area contributed by atoms with Crippen LogP contribution in [0.5, 0.6) is 0 Å². The van der Waals surface area contributed by atoms with Crippen LogP contribution in [0.3, 0.4) is 0 Å². The highest BCUT2D eigenvalue weighted by Gasteiger charge is 2.29. The summed E-state index contributed by atoms with van der Waals surface area (Å²) in [4.78, 5) is 0. The number of aryl methyl sites for hydroxylation is 1. The molecule has 0 aliphatic rings. The SMILES string of the molecule is CCCN(CC(O)CC)S(=O)(=O)c1sc2ccc(F)cc2c1C. The Morgan fingerprint density at radius 3 is 2.65 bits per heavy atom. The molecule has 1 N–H and O–H groups in total. The number of aliphatic hydroxyl groups is 1. The Labute approximate surface area is 140 Å². The molecule has 4 nitrogen and oxygen atoms in total. The second-order valence-electron chi connectivity index (χ2n) is 5.58. The van der Waals surface area contributed by atoms with Crippen LogP contribution in [0.1, 0.15) is 32.3 Å². The van der Waals surface area contributed by atoms with Gasteiger partial charge in [-0.15, -0.1) is 11.3 Å². The number of rotatable bonds is 7. The summed E-state index contributed by atoms with van der Waals surface area (Å²) in [6, 6.07) is 4.30. The molecule has 1 aromatic carbocycles. The molecule has 0 fully saturated rings. The summed E-state index contributed by atoms with van der Waals surface area (Å²) < 4.78 is 41.7. The number of nitrogens with zero attached hydrogens (tertiary/aromatic N) is 1. The van der Waals surface area contributed by atoms with Crippen molar-refractivity contribution in [2.75, 3.05) is 13.1 Å². The van der Waals surface area contributed by atoms with Crippen molar-refractivity contribution in [3.8, 4) is 0 Å². The second-order valence-corrected chi connectivity index (χ2v) is 8.77. The molecule has 1 unspecified atom stereocenters. The number of hydrogen-bond acceptors (Lipinski definition) is 4. The van der Waals surface area contributed by atoms with Crippen LogP contribution in [0.4, 0.5) is 4.39 Å². The van der Waals surface area contributed by atoms with Crippen LogP contribution in [0.15, 0.2) is 22.4 Å². The van der Waals surface area contributed by atoms with Gasteiger partial charge in [0, 0.05) is 17.8 Å². The van der Waals surface area contributed by atoms with Crippen LogP contribution in [0.25, 0.3) is 10.1 Å². The maximum Gasteiger partial charge on any atom is 0.252 e. The van der Waals surface area contributed by atoms with Gasteiger partial charge in [-0.3, -0.25) is 0 Å². The summed E-state index contributed by atoms with van der Waals surface area (Å²) in [6.07, 6.45) is 0.462. The van der Waals surface area contributed by atoms with Crippen molar-refractivity contribution >= 4 is 31.4 Å². The van der Waals surface area contributed by atoms with E-state index in [0.717, 1.165) is 16.0 Å². The minimum atomic E-state index is -3.70. The molecule has 0 aliphatic carbocycles. The van der Waals surface area contributed by atoms with Crippen LogP contribution in [0, 0.1) is 12.7 Å². The lowest BCUT2D eigenvalue weighted by molar-refractivity contribution is 0.142. The van der Waals surface area contributed by atoms with Gasteiger partial charge in [-0.2, -0.15) is 4.31 Å². The Balaban J connectivity index is 2.50. The minimum absolute atomic E-state index is 0.0781. The number of aliphatic hydroxyl groups excluding tert-OH is 1. The average molecular weight is 359 g/mol. The molecule has 0 radical (unpaired) electrons. The van der Waals surface area contributed by atoms with E-state index in [0.29, 0.717) is 30.3 Å². The zero-order valence-corrected chi connectivity index (χ0v) is 15.2. The minimum Gasteiger partial charge on any atom is -0.392 e. The third-order valence-electron chi connectivity index (χ3n) is 3.79. The van der Waals surface area contributed by atoms with Gasteiger partial charge in [-0.1, -0.05) is 13.8 Å². The first-order valence-corrected chi connectivity index (χ1v) is 9.93. The molecule has 7 heteroatoms.